The minimum Gasteiger partial charge on any atom is -0.353 e. The fraction of sp³-hybridized carbons (Fsp3) is 0.923. The third-order valence-electron chi connectivity index (χ3n) is 4.09. The van der Waals surface area contributed by atoms with Crippen molar-refractivity contribution in [3.05, 3.63) is 0 Å². The van der Waals surface area contributed by atoms with E-state index in [1.54, 1.807) is 0 Å². The van der Waals surface area contributed by atoms with E-state index >= 15 is 0 Å². The van der Waals surface area contributed by atoms with Crippen molar-refractivity contribution in [3.63, 3.8) is 0 Å². The van der Waals surface area contributed by atoms with Crippen molar-refractivity contribution in [2.24, 2.45) is 11.7 Å². The number of carbonyl (C=O) groups is 1. The Bertz CT molecular complexity index is 228. The predicted octanol–water partition coefficient (Wildman–Crippen LogP) is 1.95. The van der Waals surface area contributed by atoms with Crippen LogP contribution in [0, 0.1) is 5.92 Å². The quantitative estimate of drug-likeness (QED) is 0.770. The fourth-order valence-electron chi connectivity index (χ4n) is 3.01. The van der Waals surface area contributed by atoms with E-state index in [4.69, 9.17) is 5.73 Å². The predicted molar refractivity (Wildman–Crippen MR) is 64.9 cm³/mol. The van der Waals surface area contributed by atoms with Gasteiger partial charge in [-0.2, -0.15) is 0 Å². The SMILES string of the molecule is NC1CCC(CC(=O)NC2CCCC2)CC1. The van der Waals surface area contributed by atoms with Crippen molar-refractivity contribution in [2.45, 2.75) is 69.9 Å². The molecule has 2 aliphatic carbocycles. The van der Waals surface area contributed by atoms with Crippen LogP contribution in [0.3, 0.4) is 0 Å². The van der Waals surface area contributed by atoms with Gasteiger partial charge in [0.15, 0.2) is 0 Å². The van der Waals surface area contributed by atoms with Crippen LogP contribution in [0.15, 0.2) is 0 Å². The Morgan fingerprint density at radius 1 is 1.06 bits per heavy atom. The summed E-state index contributed by atoms with van der Waals surface area (Å²) in [5.74, 6) is 0.855. The molecule has 0 aromatic heterocycles. The molecule has 3 heteroatoms. The highest BCUT2D eigenvalue weighted by Gasteiger charge is 2.23. The van der Waals surface area contributed by atoms with Gasteiger partial charge in [0.05, 0.1) is 0 Å². The first kappa shape index (κ1) is 11.9. The number of nitrogens with one attached hydrogen (secondary N) is 1. The number of nitrogens with two attached hydrogens (primary N) is 1. The molecule has 0 aromatic rings. The summed E-state index contributed by atoms with van der Waals surface area (Å²) in [7, 11) is 0. The lowest BCUT2D eigenvalue weighted by Crippen LogP contribution is -2.35. The molecule has 2 saturated carbocycles. The zero-order valence-corrected chi connectivity index (χ0v) is 10.1. The highest BCUT2D eigenvalue weighted by molar-refractivity contribution is 5.76. The number of hydrogen-bond acceptors (Lipinski definition) is 2. The maximum atomic E-state index is 11.8. The van der Waals surface area contributed by atoms with Gasteiger partial charge in [-0.1, -0.05) is 12.8 Å². The topological polar surface area (TPSA) is 55.1 Å². The monoisotopic (exact) mass is 224 g/mol. The van der Waals surface area contributed by atoms with Gasteiger partial charge in [0.25, 0.3) is 0 Å². The van der Waals surface area contributed by atoms with Crippen molar-refractivity contribution in [1.29, 1.82) is 0 Å². The molecule has 0 heterocycles. The van der Waals surface area contributed by atoms with E-state index in [2.05, 4.69) is 5.32 Å². The first-order valence-corrected chi connectivity index (χ1v) is 6.79. The zero-order valence-electron chi connectivity index (χ0n) is 10.1. The van der Waals surface area contributed by atoms with Gasteiger partial charge in [0, 0.05) is 18.5 Å². The minimum atomic E-state index is 0.271. The van der Waals surface area contributed by atoms with Crippen LogP contribution in [0.5, 0.6) is 0 Å². The summed E-state index contributed by atoms with van der Waals surface area (Å²) in [4.78, 5) is 11.8. The molecule has 92 valence electrons. The molecule has 1 amide bonds. The van der Waals surface area contributed by atoms with Gasteiger partial charge in [0.1, 0.15) is 0 Å². The summed E-state index contributed by atoms with van der Waals surface area (Å²) < 4.78 is 0. The van der Waals surface area contributed by atoms with Crippen molar-refractivity contribution < 1.29 is 4.79 Å². The first-order chi connectivity index (χ1) is 7.74. The maximum absolute atomic E-state index is 11.8. The smallest absolute Gasteiger partial charge is 0.220 e. The van der Waals surface area contributed by atoms with Crippen LogP contribution in [0.1, 0.15) is 57.8 Å². The van der Waals surface area contributed by atoms with E-state index < -0.39 is 0 Å². The van der Waals surface area contributed by atoms with Crippen LogP contribution in [0.2, 0.25) is 0 Å². The van der Waals surface area contributed by atoms with E-state index in [-0.39, 0.29) is 5.91 Å². The first-order valence-electron chi connectivity index (χ1n) is 6.79. The zero-order chi connectivity index (χ0) is 11.4. The Kier molecular flexibility index (Phi) is 4.22. The van der Waals surface area contributed by atoms with Gasteiger partial charge in [-0.05, 0) is 44.4 Å². The highest BCUT2D eigenvalue weighted by atomic mass is 16.1. The average molecular weight is 224 g/mol. The fourth-order valence-corrected chi connectivity index (χ4v) is 3.01. The van der Waals surface area contributed by atoms with Crippen LogP contribution >= 0.6 is 0 Å². The second-order valence-electron chi connectivity index (χ2n) is 5.53. The lowest BCUT2D eigenvalue weighted by molar-refractivity contribution is -0.122. The molecule has 2 fully saturated rings. The summed E-state index contributed by atoms with van der Waals surface area (Å²) >= 11 is 0. The lowest BCUT2D eigenvalue weighted by Gasteiger charge is -2.26. The normalized spacial score (nSPS) is 31.6. The summed E-state index contributed by atoms with van der Waals surface area (Å²) in [6, 6.07) is 0.854. The Morgan fingerprint density at radius 2 is 1.69 bits per heavy atom. The van der Waals surface area contributed by atoms with Gasteiger partial charge in [-0.15, -0.1) is 0 Å². The van der Waals surface area contributed by atoms with Crippen LogP contribution in [0.4, 0.5) is 0 Å². The molecule has 0 spiro atoms. The van der Waals surface area contributed by atoms with Gasteiger partial charge < -0.3 is 11.1 Å². The van der Waals surface area contributed by atoms with Gasteiger partial charge >= 0.3 is 0 Å². The molecule has 0 bridgehead atoms. The third kappa shape index (κ3) is 3.48. The number of hydrogen-bond donors (Lipinski definition) is 2. The second-order valence-corrected chi connectivity index (χ2v) is 5.53. The Labute approximate surface area is 98.2 Å². The van der Waals surface area contributed by atoms with Crippen LogP contribution < -0.4 is 11.1 Å². The lowest BCUT2D eigenvalue weighted by atomic mass is 9.84. The molecule has 0 radical (unpaired) electrons. The van der Waals surface area contributed by atoms with Gasteiger partial charge in [0.2, 0.25) is 5.91 Å². The number of rotatable bonds is 3. The summed E-state index contributed by atoms with van der Waals surface area (Å²) in [5.41, 5.74) is 5.86. The Hall–Kier alpha value is -0.570. The van der Waals surface area contributed by atoms with Crippen molar-refractivity contribution in [3.8, 4) is 0 Å². The molecule has 16 heavy (non-hydrogen) atoms. The molecule has 0 aromatic carbocycles. The number of amides is 1. The third-order valence-corrected chi connectivity index (χ3v) is 4.09. The van der Waals surface area contributed by atoms with E-state index in [1.165, 1.54) is 25.7 Å². The highest BCUT2D eigenvalue weighted by Crippen LogP contribution is 2.26. The molecule has 3 nitrogen and oxygen atoms in total. The Morgan fingerprint density at radius 3 is 2.31 bits per heavy atom. The van der Waals surface area contributed by atoms with E-state index in [0.717, 1.165) is 32.1 Å². The van der Waals surface area contributed by atoms with Crippen molar-refractivity contribution in [2.75, 3.05) is 0 Å². The summed E-state index contributed by atoms with van der Waals surface area (Å²) in [6.07, 6.45) is 10.1. The molecule has 0 atom stereocenters. The molecule has 3 N–H and O–H groups in total. The molecule has 0 saturated heterocycles. The van der Waals surface area contributed by atoms with Crippen molar-refractivity contribution in [1.82, 2.24) is 5.32 Å². The summed E-state index contributed by atoms with van der Waals surface area (Å²) in [5, 5.41) is 3.17. The van der Waals surface area contributed by atoms with E-state index in [9.17, 15) is 4.79 Å². The molecule has 0 aliphatic heterocycles. The molecule has 0 unspecified atom stereocenters. The van der Waals surface area contributed by atoms with Crippen LogP contribution in [0.25, 0.3) is 0 Å². The molecule has 2 aliphatic rings. The van der Waals surface area contributed by atoms with E-state index in [0.29, 0.717) is 18.0 Å². The Balaban J connectivity index is 1.66. The van der Waals surface area contributed by atoms with E-state index in [1.807, 2.05) is 0 Å². The maximum Gasteiger partial charge on any atom is 0.220 e. The van der Waals surface area contributed by atoms with Crippen LogP contribution in [-0.4, -0.2) is 18.0 Å². The largest absolute Gasteiger partial charge is 0.353 e. The second kappa shape index (κ2) is 5.67. The van der Waals surface area contributed by atoms with Gasteiger partial charge in [-0.3, -0.25) is 4.79 Å². The van der Waals surface area contributed by atoms with Crippen molar-refractivity contribution >= 4 is 5.91 Å². The summed E-state index contributed by atoms with van der Waals surface area (Å²) in [6.45, 7) is 0. The molecular formula is C13H24N2O. The number of carbonyl (C=O) groups excluding carboxylic acids is 1. The average Bonchev–Trinajstić information content (AvgIpc) is 2.74. The minimum absolute atomic E-state index is 0.271. The van der Waals surface area contributed by atoms with Crippen LogP contribution in [-0.2, 0) is 4.79 Å². The van der Waals surface area contributed by atoms with Gasteiger partial charge in [-0.25, -0.2) is 0 Å². The molecule has 2 rings (SSSR count). The standard InChI is InChI=1S/C13H24N2O/c14-11-7-5-10(6-8-11)9-13(16)15-12-3-1-2-4-12/h10-12H,1-9,14H2,(H,15,16). The molecular weight excluding hydrogens is 200 g/mol.